The molecular formula is C11H18N4O. The zero-order valence-electron chi connectivity index (χ0n) is 9.76. The van der Waals surface area contributed by atoms with Crippen LogP contribution in [0.4, 0.5) is 0 Å². The molecule has 0 radical (unpaired) electrons. The van der Waals surface area contributed by atoms with Crippen molar-refractivity contribution in [3.05, 3.63) is 18.2 Å². The van der Waals surface area contributed by atoms with Gasteiger partial charge in [0.15, 0.2) is 0 Å². The Labute approximate surface area is 95.2 Å². The van der Waals surface area contributed by atoms with Crippen LogP contribution < -0.4 is 5.73 Å². The first-order valence-corrected chi connectivity index (χ1v) is 5.66. The van der Waals surface area contributed by atoms with Crippen molar-refractivity contribution in [2.45, 2.75) is 31.8 Å². The molecule has 88 valence electrons. The number of hydrogen-bond acceptors (Lipinski definition) is 3. The van der Waals surface area contributed by atoms with E-state index < -0.39 is 0 Å². The van der Waals surface area contributed by atoms with E-state index in [4.69, 9.17) is 5.73 Å². The second-order valence-electron chi connectivity index (χ2n) is 4.33. The van der Waals surface area contributed by atoms with E-state index in [2.05, 4.69) is 11.9 Å². The molecule has 2 rings (SSSR count). The maximum absolute atomic E-state index is 11.8. The van der Waals surface area contributed by atoms with Crippen molar-refractivity contribution in [3.8, 4) is 0 Å². The van der Waals surface area contributed by atoms with Gasteiger partial charge in [0, 0.05) is 26.1 Å². The Kier molecular flexibility index (Phi) is 2.96. The fraction of sp³-hybridized carbons (Fsp3) is 0.636. The molecule has 1 aromatic rings. The van der Waals surface area contributed by atoms with E-state index in [0.717, 1.165) is 18.7 Å². The van der Waals surface area contributed by atoms with Crippen LogP contribution in [0.2, 0.25) is 0 Å². The molecule has 0 unspecified atom stereocenters. The van der Waals surface area contributed by atoms with Gasteiger partial charge in [0.05, 0.1) is 24.3 Å². The van der Waals surface area contributed by atoms with E-state index in [1.54, 1.807) is 12.5 Å². The Morgan fingerprint density at radius 3 is 2.94 bits per heavy atom. The Morgan fingerprint density at radius 2 is 2.38 bits per heavy atom. The highest BCUT2D eigenvalue weighted by Crippen LogP contribution is 2.31. The Balaban J connectivity index is 2.30. The van der Waals surface area contributed by atoms with Gasteiger partial charge in [-0.15, -0.1) is 0 Å². The van der Waals surface area contributed by atoms with Gasteiger partial charge in [0.2, 0.25) is 5.91 Å². The molecule has 1 saturated heterocycles. The molecule has 1 amide bonds. The summed E-state index contributed by atoms with van der Waals surface area (Å²) in [6, 6.07) is -0.130. The van der Waals surface area contributed by atoms with Gasteiger partial charge in [-0.2, -0.15) is 0 Å². The standard InChI is InChI=1S/C11H18N4O/c1-3-4-15-10(16)5-8(12)11(15)9-6-13-7-14(9)2/h6-8,11H,3-5,12H2,1-2H3/t8-,11-/m0/s1. The van der Waals surface area contributed by atoms with Crippen LogP contribution in [0.5, 0.6) is 0 Å². The van der Waals surface area contributed by atoms with E-state index in [0.29, 0.717) is 6.42 Å². The highest BCUT2D eigenvalue weighted by Gasteiger charge is 2.39. The SMILES string of the molecule is CCCN1C(=O)C[C@H](N)[C@H]1c1cncn1C. The number of carbonyl (C=O) groups excluding carboxylic acids is 1. The Bertz CT molecular complexity index is 387. The highest BCUT2D eigenvalue weighted by molar-refractivity contribution is 5.80. The van der Waals surface area contributed by atoms with Crippen molar-refractivity contribution in [2.24, 2.45) is 12.8 Å². The molecule has 0 bridgehead atoms. The molecular weight excluding hydrogens is 204 g/mol. The van der Waals surface area contributed by atoms with Crippen LogP contribution in [0.3, 0.4) is 0 Å². The largest absolute Gasteiger partial charge is 0.336 e. The van der Waals surface area contributed by atoms with Crippen molar-refractivity contribution in [1.29, 1.82) is 0 Å². The number of rotatable bonds is 3. The van der Waals surface area contributed by atoms with Gasteiger partial charge in [-0.3, -0.25) is 4.79 Å². The Hall–Kier alpha value is -1.36. The van der Waals surface area contributed by atoms with Gasteiger partial charge < -0.3 is 15.2 Å². The molecule has 5 nitrogen and oxygen atoms in total. The third-order valence-corrected chi connectivity index (χ3v) is 3.09. The molecule has 5 heteroatoms. The second-order valence-corrected chi connectivity index (χ2v) is 4.33. The number of hydrogen-bond donors (Lipinski definition) is 1. The van der Waals surface area contributed by atoms with Crippen molar-refractivity contribution in [1.82, 2.24) is 14.5 Å². The zero-order chi connectivity index (χ0) is 11.7. The summed E-state index contributed by atoms with van der Waals surface area (Å²) in [5, 5.41) is 0. The zero-order valence-corrected chi connectivity index (χ0v) is 9.76. The summed E-state index contributed by atoms with van der Waals surface area (Å²) >= 11 is 0. The van der Waals surface area contributed by atoms with Crippen LogP contribution >= 0.6 is 0 Å². The molecule has 2 atom stereocenters. The number of imidazole rings is 1. The van der Waals surface area contributed by atoms with Gasteiger partial charge >= 0.3 is 0 Å². The summed E-state index contributed by atoms with van der Waals surface area (Å²) in [6.07, 6.45) is 4.93. The smallest absolute Gasteiger partial charge is 0.224 e. The lowest BCUT2D eigenvalue weighted by Crippen LogP contribution is -2.34. The number of amides is 1. The first-order chi connectivity index (χ1) is 7.65. The minimum Gasteiger partial charge on any atom is -0.336 e. The molecule has 2 N–H and O–H groups in total. The average Bonchev–Trinajstić information content (AvgIpc) is 2.73. The summed E-state index contributed by atoms with van der Waals surface area (Å²) < 4.78 is 1.94. The maximum atomic E-state index is 11.8. The Morgan fingerprint density at radius 1 is 1.62 bits per heavy atom. The second kappa shape index (κ2) is 4.25. The molecule has 1 aliphatic rings. The van der Waals surface area contributed by atoms with Crippen LogP contribution in [0.1, 0.15) is 31.5 Å². The fourth-order valence-electron chi connectivity index (χ4n) is 2.35. The summed E-state index contributed by atoms with van der Waals surface area (Å²) in [4.78, 5) is 17.8. The van der Waals surface area contributed by atoms with E-state index in [-0.39, 0.29) is 18.0 Å². The van der Waals surface area contributed by atoms with Crippen molar-refractivity contribution in [3.63, 3.8) is 0 Å². The van der Waals surface area contributed by atoms with Crippen LogP contribution in [0.25, 0.3) is 0 Å². The van der Waals surface area contributed by atoms with Crippen molar-refractivity contribution < 1.29 is 4.79 Å². The van der Waals surface area contributed by atoms with Crippen LogP contribution in [0.15, 0.2) is 12.5 Å². The molecule has 0 saturated carbocycles. The topological polar surface area (TPSA) is 64.2 Å². The van der Waals surface area contributed by atoms with Crippen molar-refractivity contribution in [2.75, 3.05) is 6.54 Å². The number of aryl methyl sites for hydroxylation is 1. The highest BCUT2D eigenvalue weighted by atomic mass is 16.2. The van der Waals surface area contributed by atoms with Gasteiger partial charge in [-0.05, 0) is 6.42 Å². The number of carbonyl (C=O) groups is 1. The minimum atomic E-state index is -0.116. The predicted octanol–water partition coefficient (Wildman–Crippen LogP) is 0.431. The summed E-state index contributed by atoms with van der Waals surface area (Å²) in [5.74, 6) is 0.153. The van der Waals surface area contributed by atoms with Crippen molar-refractivity contribution >= 4 is 5.91 Å². The molecule has 0 aromatic carbocycles. The maximum Gasteiger partial charge on any atom is 0.224 e. The molecule has 0 spiro atoms. The minimum absolute atomic E-state index is 0.0139. The predicted molar refractivity (Wildman–Crippen MR) is 60.5 cm³/mol. The molecule has 16 heavy (non-hydrogen) atoms. The summed E-state index contributed by atoms with van der Waals surface area (Å²) in [5.41, 5.74) is 7.07. The van der Waals surface area contributed by atoms with Crippen LogP contribution in [-0.4, -0.2) is 32.9 Å². The number of nitrogens with zero attached hydrogens (tertiary/aromatic N) is 3. The summed E-state index contributed by atoms with van der Waals surface area (Å²) in [7, 11) is 1.93. The van der Waals surface area contributed by atoms with E-state index in [1.165, 1.54) is 0 Å². The lowest BCUT2D eigenvalue weighted by atomic mass is 10.1. The monoisotopic (exact) mass is 222 g/mol. The van der Waals surface area contributed by atoms with E-state index in [1.807, 2.05) is 16.5 Å². The first kappa shape index (κ1) is 11.1. The van der Waals surface area contributed by atoms with Gasteiger partial charge in [0.25, 0.3) is 0 Å². The number of aromatic nitrogens is 2. The van der Waals surface area contributed by atoms with E-state index >= 15 is 0 Å². The number of nitrogens with two attached hydrogens (primary N) is 1. The third kappa shape index (κ3) is 1.71. The van der Waals surface area contributed by atoms with Gasteiger partial charge in [0.1, 0.15) is 0 Å². The lowest BCUT2D eigenvalue weighted by Gasteiger charge is -2.26. The lowest BCUT2D eigenvalue weighted by molar-refractivity contribution is -0.129. The van der Waals surface area contributed by atoms with E-state index in [9.17, 15) is 4.79 Å². The first-order valence-electron chi connectivity index (χ1n) is 5.66. The fourth-order valence-corrected chi connectivity index (χ4v) is 2.35. The summed E-state index contributed by atoms with van der Waals surface area (Å²) in [6.45, 7) is 2.83. The molecule has 0 aliphatic carbocycles. The van der Waals surface area contributed by atoms with Gasteiger partial charge in [-0.25, -0.2) is 4.98 Å². The molecule has 1 aromatic heterocycles. The van der Waals surface area contributed by atoms with Crippen LogP contribution in [-0.2, 0) is 11.8 Å². The molecule has 1 fully saturated rings. The number of likely N-dealkylation sites (tertiary alicyclic amines) is 1. The normalized spacial score (nSPS) is 25.4. The quantitative estimate of drug-likeness (QED) is 0.806. The molecule has 2 heterocycles. The third-order valence-electron chi connectivity index (χ3n) is 3.09. The van der Waals surface area contributed by atoms with Crippen LogP contribution in [0, 0.1) is 0 Å². The molecule has 1 aliphatic heterocycles. The average molecular weight is 222 g/mol. The van der Waals surface area contributed by atoms with Gasteiger partial charge in [-0.1, -0.05) is 6.92 Å².